The first-order valence-electron chi connectivity index (χ1n) is 9.62. The van der Waals surface area contributed by atoms with E-state index in [2.05, 4.69) is 39.2 Å². The Labute approximate surface area is 168 Å². The lowest BCUT2D eigenvalue weighted by atomic mass is 9.99. The van der Waals surface area contributed by atoms with Crippen molar-refractivity contribution >= 4 is 22.3 Å². The Morgan fingerprint density at radius 3 is 2.54 bits per heavy atom. The number of piperidine rings is 1. The van der Waals surface area contributed by atoms with E-state index in [0.717, 1.165) is 41.9 Å². The SMILES string of the molecule is Cc1nc(Nc2ccc(-c3ccc(F)cc3)nn2)sc1CN1CCC(C)CC1. The second-order valence-electron chi connectivity index (χ2n) is 7.42. The maximum Gasteiger partial charge on any atom is 0.188 e. The topological polar surface area (TPSA) is 53.9 Å². The Bertz CT molecular complexity index is 915. The summed E-state index contributed by atoms with van der Waals surface area (Å²) in [7, 11) is 0. The number of hydrogen-bond acceptors (Lipinski definition) is 6. The quantitative estimate of drug-likeness (QED) is 0.655. The lowest BCUT2D eigenvalue weighted by Gasteiger charge is -2.29. The minimum absolute atomic E-state index is 0.260. The zero-order chi connectivity index (χ0) is 19.5. The molecule has 0 saturated carbocycles. The van der Waals surface area contributed by atoms with Crippen LogP contribution in [0.25, 0.3) is 11.3 Å². The van der Waals surface area contributed by atoms with Crippen molar-refractivity contribution in [2.75, 3.05) is 18.4 Å². The molecule has 0 aliphatic carbocycles. The van der Waals surface area contributed by atoms with Crippen LogP contribution in [0.3, 0.4) is 0 Å². The predicted molar refractivity (Wildman–Crippen MR) is 111 cm³/mol. The summed E-state index contributed by atoms with van der Waals surface area (Å²) in [5, 5.41) is 12.6. The van der Waals surface area contributed by atoms with Crippen LogP contribution in [0.15, 0.2) is 36.4 Å². The molecule has 5 nitrogen and oxygen atoms in total. The molecular weight excluding hydrogens is 373 g/mol. The number of rotatable bonds is 5. The summed E-state index contributed by atoms with van der Waals surface area (Å²) in [6.07, 6.45) is 2.55. The highest BCUT2D eigenvalue weighted by Crippen LogP contribution is 2.28. The first kappa shape index (κ1) is 19.0. The van der Waals surface area contributed by atoms with Crippen LogP contribution < -0.4 is 5.32 Å². The van der Waals surface area contributed by atoms with Gasteiger partial charge in [0.05, 0.1) is 11.4 Å². The molecule has 0 spiro atoms. The highest BCUT2D eigenvalue weighted by molar-refractivity contribution is 7.15. The maximum absolute atomic E-state index is 13.1. The molecule has 2 aromatic heterocycles. The second-order valence-corrected chi connectivity index (χ2v) is 8.51. The van der Waals surface area contributed by atoms with Crippen molar-refractivity contribution in [2.45, 2.75) is 33.2 Å². The van der Waals surface area contributed by atoms with E-state index in [9.17, 15) is 4.39 Å². The number of anilines is 2. The van der Waals surface area contributed by atoms with E-state index >= 15 is 0 Å². The molecule has 146 valence electrons. The average Bonchev–Trinajstić information content (AvgIpc) is 3.04. The van der Waals surface area contributed by atoms with E-state index in [-0.39, 0.29) is 5.82 Å². The average molecular weight is 398 g/mol. The largest absolute Gasteiger partial charge is 0.315 e. The molecule has 4 rings (SSSR count). The van der Waals surface area contributed by atoms with Crippen LogP contribution in [0, 0.1) is 18.7 Å². The summed E-state index contributed by atoms with van der Waals surface area (Å²) in [5.74, 6) is 1.23. The summed E-state index contributed by atoms with van der Waals surface area (Å²) >= 11 is 1.68. The van der Waals surface area contributed by atoms with Crippen molar-refractivity contribution in [1.82, 2.24) is 20.1 Å². The smallest absolute Gasteiger partial charge is 0.188 e. The van der Waals surface area contributed by atoms with Crippen molar-refractivity contribution in [3.63, 3.8) is 0 Å². The Balaban J connectivity index is 1.41. The first-order valence-corrected chi connectivity index (χ1v) is 10.4. The zero-order valence-electron chi connectivity index (χ0n) is 16.2. The van der Waals surface area contributed by atoms with Gasteiger partial charge in [0.2, 0.25) is 0 Å². The van der Waals surface area contributed by atoms with E-state index < -0.39 is 0 Å². The molecule has 0 bridgehead atoms. The lowest BCUT2D eigenvalue weighted by molar-refractivity contribution is 0.186. The number of benzene rings is 1. The van der Waals surface area contributed by atoms with Gasteiger partial charge in [-0.15, -0.1) is 21.5 Å². The van der Waals surface area contributed by atoms with Crippen LogP contribution in [0.1, 0.15) is 30.3 Å². The number of hydrogen-bond donors (Lipinski definition) is 1. The minimum atomic E-state index is -0.260. The number of thiazole rings is 1. The molecule has 1 aliphatic heterocycles. The van der Waals surface area contributed by atoms with Gasteiger partial charge in [0.15, 0.2) is 10.9 Å². The minimum Gasteiger partial charge on any atom is -0.315 e. The van der Waals surface area contributed by atoms with Gasteiger partial charge < -0.3 is 5.32 Å². The molecule has 1 aliphatic rings. The van der Waals surface area contributed by atoms with Gasteiger partial charge in [-0.05, 0) is 75.2 Å². The van der Waals surface area contributed by atoms with E-state index in [0.29, 0.717) is 11.5 Å². The van der Waals surface area contributed by atoms with E-state index in [1.165, 1.54) is 29.9 Å². The molecule has 7 heteroatoms. The number of likely N-dealkylation sites (tertiary alicyclic amines) is 1. The second kappa shape index (κ2) is 8.32. The number of nitrogens with zero attached hydrogens (tertiary/aromatic N) is 4. The summed E-state index contributed by atoms with van der Waals surface area (Å²) in [5.41, 5.74) is 2.62. The number of aromatic nitrogens is 3. The van der Waals surface area contributed by atoms with Crippen LogP contribution in [0.5, 0.6) is 0 Å². The van der Waals surface area contributed by atoms with Crippen LogP contribution in [-0.4, -0.2) is 33.2 Å². The summed E-state index contributed by atoms with van der Waals surface area (Å²) in [4.78, 5) is 8.46. The molecule has 0 radical (unpaired) electrons. The summed E-state index contributed by atoms with van der Waals surface area (Å²) in [6, 6.07) is 9.99. The fraction of sp³-hybridized carbons (Fsp3) is 0.381. The normalized spacial score (nSPS) is 15.7. The number of aryl methyl sites for hydroxylation is 1. The third kappa shape index (κ3) is 4.54. The van der Waals surface area contributed by atoms with Gasteiger partial charge in [0.25, 0.3) is 0 Å². The van der Waals surface area contributed by atoms with Crippen LogP contribution in [0.4, 0.5) is 15.3 Å². The van der Waals surface area contributed by atoms with Crippen molar-refractivity contribution in [3.8, 4) is 11.3 Å². The maximum atomic E-state index is 13.1. The van der Waals surface area contributed by atoms with Gasteiger partial charge in [-0.1, -0.05) is 6.92 Å². The Morgan fingerprint density at radius 1 is 1.11 bits per heavy atom. The molecule has 3 aromatic rings. The third-order valence-corrected chi connectivity index (χ3v) is 6.23. The third-order valence-electron chi connectivity index (χ3n) is 5.18. The lowest BCUT2D eigenvalue weighted by Crippen LogP contribution is -2.32. The van der Waals surface area contributed by atoms with Crippen molar-refractivity contribution in [1.29, 1.82) is 0 Å². The Hall–Kier alpha value is -2.38. The summed E-state index contributed by atoms with van der Waals surface area (Å²) in [6.45, 7) is 7.69. The number of nitrogens with one attached hydrogen (secondary N) is 1. The fourth-order valence-electron chi connectivity index (χ4n) is 3.33. The standard InChI is InChI=1S/C21H24FN5S/c1-14-9-11-27(12-10-14)13-19-15(2)23-21(28-19)24-20-8-7-18(25-26-20)16-3-5-17(22)6-4-16/h3-8,14H,9-13H2,1-2H3,(H,23,24,26). The molecule has 0 unspecified atom stereocenters. The van der Waals surface area contributed by atoms with Gasteiger partial charge in [0.1, 0.15) is 5.82 Å². The fourth-order valence-corrected chi connectivity index (χ4v) is 4.35. The molecule has 1 fully saturated rings. The molecule has 1 aromatic carbocycles. The van der Waals surface area contributed by atoms with Crippen LogP contribution in [-0.2, 0) is 6.54 Å². The molecule has 1 saturated heterocycles. The first-order chi connectivity index (χ1) is 13.6. The Morgan fingerprint density at radius 2 is 1.86 bits per heavy atom. The van der Waals surface area contributed by atoms with Gasteiger partial charge >= 0.3 is 0 Å². The highest BCUT2D eigenvalue weighted by Gasteiger charge is 2.18. The molecule has 0 atom stereocenters. The van der Waals surface area contributed by atoms with E-state index in [4.69, 9.17) is 0 Å². The summed E-state index contributed by atoms with van der Waals surface area (Å²) < 4.78 is 13.1. The van der Waals surface area contributed by atoms with Gasteiger partial charge in [-0.3, -0.25) is 4.90 Å². The predicted octanol–water partition coefficient (Wildman–Crippen LogP) is 5.02. The Kier molecular flexibility index (Phi) is 5.64. The van der Waals surface area contributed by atoms with E-state index in [1.54, 1.807) is 23.5 Å². The van der Waals surface area contributed by atoms with Gasteiger partial charge in [-0.2, -0.15) is 0 Å². The van der Waals surface area contributed by atoms with Crippen molar-refractivity contribution in [3.05, 3.63) is 52.8 Å². The number of halogens is 1. The van der Waals surface area contributed by atoms with Gasteiger partial charge in [-0.25, -0.2) is 9.37 Å². The molecule has 1 N–H and O–H groups in total. The van der Waals surface area contributed by atoms with Gasteiger partial charge in [0, 0.05) is 17.0 Å². The van der Waals surface area contributed by atoms with Crippen LogP contribution >= 0.6 is 11.3 Å². The highest BCUT2D eigenvalue weighted by atomic mass is 32.1. The molecular formula is C21H24FN5S. The molecule has 28 heavy (non-hydrogen) atoms. The molecule has 0 amide bonds. The van der Waals surface area contributed by atoms with Crippen molar-refractivity contribution < 1.29 is 4.39 Å². The zero-order valence-corrected chi connectivity index (χ0v) is 17.0. The van der Waals surface area contributed by atoms with E-state index in [1.807, 2.05) is 12.1 Å². The van der Waals surface area contributed by atoms with Crippen molar-refractivity contribution in [2.24, 2.45) is 5.92 Å². The monoisotopic (exact) mass is 397 g/mol. The van der Waals surface area contributed by atoms with Crippen LogP contribution in [0.2, 0.25) is 0 Å². The molecule has 3 heterocycles.